The van der Waals surface area contributed by atoms with Gasteiger partial charge in [-0.25, -0.2) is 0 Å². The molecule has 5 nitrogen and oxygen atoms in total. The summed E-state index contributed by atoms with van der Waals surface area (Å²) in [7, 11) is 0. The lowest BCUT2D eigenvalue weighted by Gasteiger charge is -2.13. The van der Waals surface area contributed by atoms with Crippen LogP contribution in [0.15, 0.2) is 0 Å². The first-order chi connectivity index (χ1) is 8.36. The fourth-order valence-electron chi connectivity index (χ4n) is 1.88. The Morgan fingerprint density at radius 3 is 2.83 bits per heavy atom. The van der Waals surface area contributed by atoms with Gasteiger partial charge >= 0.3 is 12.1 Å². The molecule has 1 aliphatic rings. The van der Waals surface area contributed by atoms with E-state index in [0.717, 1.165) is 0 Å². The predicted molar refractivity (Wildman–Crippen MR) is 57.5 cm³/mol. The van der Waals surface area contributed by atoms with Crippen molar-refractivity contribution in [2.75, 3.05) is 18.0 Å². The Kier molecular flexibility index (Phi) is 3.42. The molecule has 0 bridgehead atoms. The molecule has 1 saturated heterocycles. The van der Waals surface area contributed by atoms with E-state index in [0.29, 0.717) is 31.0 Å². The third-order valence-electron chi connectivity index (χ3n) is 2.69. The normalized spacial score (nSPS) is 20.4. The maximum Gasteiger partial charge on any atom is 0.452 e. The molecule has 2 rings (SSSR count). The minimum Gasteiger partial charge on any atom is -0.481 e. The van der Waals surface area contributed by atoms with Crippen molar-refractivity contribution in [3.05, 3.63) is 5.82 Å². The van der Waals surface area contributed by atoms with Gasteiger partial charge in [0.15, 0.2) is 0 Å². The molecule has 1 atom stereocenters. The van der Waals surface area contributed by atoms with Crippen molar-refractivity contribution < 1.29 is 23.1 Å². The summed E-state index contributed by atoms with van der Waals surface area (Å²) < 4.78 is 40.2. The summed E-state index contributed by atoms with van der Waals surface area (Å²) in [5.41, 5.74) is 0. The number of alkyl halides is 3. The number of halogens is 3. The number of nitrogens with zero attached hydrogens (tertiary/aromatic N) is 3. The van der Waals surface area contributed by atoms with Crippen LogP contribution in [0.2, 0.25) is 0 Å². The molecule has 9 heteroatoms. The number of aromatic nitrogens is 2. The van der Waals surface area contributed by atoms with E-state index < -0.39 is 18.0 Å². The Hall–Kier alpha value is -1.38. The van der Waals surface area contributed by atoms with E-state index in [9.17, 15) is 18.0 Å². The van der Waals surface area contributed by atoms with Crippen molar-refractivity contribution in [2.24, 2.45) is 5.92 Å². The molecule has 0 aliphatic carbocycles. The molecule has 0 saturated carbocycles. The zero-order valence-corrected chi connectivity index (χ0v) is 9.96. The average Bonchev–Trinajstić information content (AvgIpc) is 2.81. The molecule has 1 aliphatic heterocycles. The number of carboxylic acids is 1. The van der Waals surface area contributed by atoms with Crippen molar-refractivity contribution in [2.45, 2.75) is 19.0 Å². The maximum absolute atomic E-state index is 12.3. The molecule has 1 aromatic rings. The highest BCUT2D eigenvalue weighted by Gasteiger charge is 2.37. The van der Waals surface area contributed by atoms with Crippen LogP contribution < -0.4 is 4.90 Å². The first kappa shape index (κ1) is 13.1. The number of anilines is 1. The topological polar surface area (TPSA) is 66.3 Å². The number of rotatable bonds is 3. The summed E-state index contributed by atoms with van der Waals surface area (Å²) >= 11 is 0.692. The molecule has 1 aromatic heterocycles. The largest absolute Gasteiger partial charge is 0.481 e. The van der Waals surface area contributed by atoms with Crippen molar-refractivity contribution in [3.8, 4) is 0 Å². The molecule has 0 amide bonds. The fraction of sp³-hybridized carbons (Fsp3) is 0.667. The van der Waals surface area contributed by atoms with E-state index in [2.05, 4.69) is 9.36 Å². The molecule has 1 N–H and O–H groups in total. The third kappa shape index (κ3) is 2.89. The first-order valence-corrected chi connectivity index (χ1v) is 6.01. The molecule has 0 aromatic carbocycles. The second-order valence-corrected chi connectivity index (χ2v) is 4.83. The van der Waals surface area contributed by atoms with E-state index in [4.69, 9.17) is 5.11 Å². The van der Waals surface area contributed by atoms with Crippen molar-refractivity contribution >= 4 is 22.6 Å². The minimum atomic E-state index is -4.53. The second kappa shape index (κ2) is 4.71. The highest BCUT2D eigenvalue weighted by molar-refractivity contribution is 7.09. The summed E-state index contributed by atoms with van der Waals surface area (Å²) in [6.07, 6.45) is -3.86. The Morgan fingerprint density at radius 2 is 2.28 bits per heavy atom. The Balaban J connectivity index is 2.01. The number of aliphatic carboxylic acids is 1. The molecule has 1 unspecified atom stereocenters. The Bertz CT molecular complexity index is 449. The maximum atomic E-state index is 12.3. The van der Waals surface area contributed by atoms with Gasteiger partial charge in [0.25, 0.3) is 0 Å². The molecule has 18 heavy (non-hydrogen) atoms. The van der Waals surface area contributed by atoms with Crippen LogP contribution in [0.4, 0.5) is 18.3 Å². The summed E-state index contributed by atoms with van der Waals surface area (Å²) in [4.78, 5) is 15.6. The van der Waals surface area contributed by atoms with Crippen LogP contribution >= 0.6 is 11.5 Å². The SMILES string of the molecule is O=C(O)CC1CCN(c2nc(C(F)(F)F)ns2)C1. The van der Waals surface area contributed by atoms with Crippen LogP contribution in [0.5, 0.6) is 0 Å². The molecule has 0 spiro atoms. The summed E-state index contributed by atoms with van der Waals surface area (Å²) in [6.45, 7) is 0.934. The highest BCUT2D eigenvalue weighted by Crippen LogP contribution is 2.32. The van der Waals surface area contributed by atoms with Gasteiger partial charge in [0.1, 0.15) is 0 Å². The van der Waals surface area contributed by atoms with Crippen LogP contribution in [0.1, 0.15) is 18.7 Å². The predicted octanol–water partition coefficient (Wildman–Crippen LogP) is 1.86. The lowest BCUT2D eigenvalue weighted by Crippen LogP contribution is -2.20. The number of carboxylic acid groups (broad SMARTS) is 1. The molecule has 100 valence electrons. The zero-order valence-electron chi connectivity index (χ0n) is 9.15. The van der Waals surface area contributed by atoms with Gasteiger partial charge in [-0.3, -0.25) is 4.79 Å². The molecule has 1 fully saturated rings. The number of carbonyl (C=O) groups is 1. The van der Waals surface area contributed by atoms with Crippen LogP contribution in [0.3, 0.4) is 0 Å². The highest BCUT2D eigenvalue weighted by atomic mass is 32.1. The summed E-state index contributed by atoms with van der Waals surface area (Å²) in [6, 6.07) is 0. The molecule has 2 heterocycles. The molecular weight excluding hydrogens is 271 g/mol. The number of hydrogen-bond donors (Lipinski definition) is 1. The molecule has 0 radical (unpaired) electrons. The van der Waals surface area contributed by atoms with E-state index in [1.54, 1.807) is 4.90 Å². The van der Waals surface area contributed by atoms with Crippen molar-refractivity contribution in [3.63, 3.8) is 0 Å². The summed E-state index contributed by atoms with van der Waals surface area (Å²) in [5, 5.41) is 8.85. The monoisotopic (exact) mass is 281 g/mol. The van der Waals surface area contributed by atoms with Crippen LogP contribution in [-0.2, 0) is 11.0 Å². The average molecular weight is 281 g/mol. The van der Waals surface area contributed by atoms with Gasteiger partial charge < -0.3 is 10.0 Å². The zero-order chi connectivity index (χ0) is 13.3. The van der Waals surface area contributed by atoms with Gasteiger partial charge in [0, 0.05) is 31.0 Å². The van der Waals surface area contributed by atoms with Crippen LogP contribution in [0.25, 0.3) is 0 Å². The lowest BCUT2D eigenvalue weighted by atomic mass is 10.1. The fourth-order valence-corrected chi connectivity index (χ4v) is 2.60. The summed E-state index contributed by atoms with van der Waals surface area (Å²) in [5.74, 6) is -2.07. The van der Waals surface area contributed by atoms with Crippen LogP contribution in [0, 0.1) is 5.92 Å². The lowest BCUT2D eigenvalue weighted by molar-refractivity contribution is -0.144. The van der Waals surface area contributed by atoms with E-state index in [1.807, 2.05) is 0 Å². The number of hydrogen-bond acceptors (Lipinski definition) is 5. The van der Waals surface area contributed by atoms with Crippen LogP contribution in [-0.4, -0.2) is 33.5 Å². The minimum absolute atomic E-state index is 0.0292. The van der Waals surface area contributed by atoms with Gasteiger partial charge in [-0.2, -0.15) is 22.5 Å². The van der Waals surface area contributed by atoms with Gasteiger partial charge in [-0.15, -0.1) is 0 Å². The third-order valence-corrected chi connectivity index (χ3v) is 3.47. The van der Waals surface area contributed by atoms with Crippen molar-refractivity contribution in [1.29, 1.82) is 0 Å². The van der Waals surface area contributed by atoms with E-state index >= 15 is 0 Å². The van der Waals surface area contributed by atoms with Gasteiger partial charge in [-0.1, -0.05) is 0 Å². The van der Waals surface area contributed by atoms with Crippen molar-refractivity contribution in [1.82, 2.24) is 9.36 Å². The van der Waals surface area contributed by atoms with Gasteiger partial charge in [0.05, 0.1) is 0 Å². The van der Waals surface area contributed by atoms with E-state index in [-0.39, 0.29) is 17.5 Å². The smallest absolute Gasteiger partial charge is 0.452 e. The molecular formula is C9H10F3N3O2S. The first-order valence-electron chi connectivity index (χ1n) is 5.24. The quantitative estimate of drug-likeness (QED) is 0.916. The van der Waals surface area contributed by atoms with Gasteiger partial charge in [0.2, 0.25) is 11.0 Å². The Morgan fingerprint density at radius 1 is 1.56 bits per heavy atom. The second-order valence-electron chi connectivity index (χ2n) is 4.10. The standard InChI is InChI=1S/C9H10F3N3O2S/c10-9(11,12)7-13-8(18-14-7)15-2-1-5(4-15)3-6(16)17/h5H,1-4H2,(H,16,17). The Labute approximate surface area is 104 Å². The van der Waals surface area contributed by atoms with Gasteiger partial charge in [-0.05, 0) is 12.3 Å². The van der Waals surface area contributed by atoms with E-state index in [1.165, 1.54) is 0 Å².